The van der Waals surface area contributed by atoms with Crippen molar-refractivity contribution >= 4 is 39.8 Å². The first-order chi connectivity index (χ1) is 17.4. The van der Waals surface area contributed by atoms with Crippen molar-refractivity contribution in [2.45, 2.75) is 39.5 Å². The van der Waals surface area contributed by atoms with Crippen molar-refractivity contribution in [3.05, 3.63) is 97.6 Å². The van der Waals surface area contributed by atoms with E-state index in [9.17, 15) is 14.9 Å². The minimum atomic E-state index is -0.377. The van der Waals surface area contributed by atoms with Crippen LogP contribution in [0, 0.1) is 24.0 Å². The van der Waals surface area contributed by atoms with E-state index < -0.39 is 0 Å². The molecule has 2 heterocycles. The lowest BCUT2D eigenvalue weighted by Crippen LogP contribution is -2.14. The van der Waals surface area contributed by atoms with E-state index in [1.165, 1.54) is 10.9 Å². The van der Waals surface area contributed by atoms with Crippen molar-refractivity contribution in [2.75, 3.05) is 5.32 Å². The zero-order valence-corrected chi connectivity index (χ0v) is 20.9. The topological polar surface area (TPSA) is 97.7 Å². The molecular weight excluding hydrogens is 474 g/mol. The lowest BCUT2D eigenvalue weighted by Gasteiger charge is -2.12. The predicted octanol–water partition coefficient (Wildman–Crippen LogP) is 7.41. The molecule has 0 saturated carbocycles. The number of benzene rings is 2. The van der Waals surface area contributed by atoms with E-state index >= 15 is 0 Å². The maximum absolute atomic E-state index is 13.3. The van der Waals surface area contributed by atoms with Crippen molar-refractivity contribution in [1.82, 2.24) is 0 Å². The average Bonchev–Trinajstić information content (AvgIpc) is 3.49. The van der Waals surface area contributed by atoms with Gasteiger partial charge in [-0.2, -0.15) is 0 Å². The molecule has 0 saturated heterocycles. The SMILES string of the molecule is Cc1cc(-c2ccc(C=Nc3sc4c(c3C(=O)Nc3ccccc3)CCCC4)o2)cc([N+](=O)[O-])c1C. The molecule has 1 amide bonds. The summed E-state index contributed by atoms with van der Waals surface area (Å²) in [5.41, 5.74) is 4.63. The van der Waals surface area contributed by atoms with E-state index in [-0.39, 0.29) is 16.5 Å². The Morgan fingerprint density at radius 3 is 2.67 bits per heavy atom. The van der Waals surface area contributed by atoms with Crippen LogP contribution in [0.5, 0.6) is 0 Å². The first-order valence-corrected chi connectivity index (χ1v) is 12.6. The molecule has 0 unspecified atom stereocenters. The summed E-state index contributed by atoms with van der Waals surface area (Å²) in [6.07, 6.45) is 5.60. The van der Waals surface area contributed by atoms with Gasteiger partial charge in [0.2, 0.25) is 0 Å². The molecule has 0 atom stereocenters. The summed E-state index contributed by atoms with van der Waals surface area (Å²) in [4.78, 5) is 30.2. The number of furan rings is 1. The number of hydrogen-bond donors (Lipinski definition) is 1. The molecule has 182 valence electrons. The molecular formula is C28H25N3O4S. The molecule has 0 spiro atoms. The minimum Gasteiger partial charge on any atom is -0.455 e. The number of carbonyl (C=O) groups is 1. The third kappa shape index (κ3) is 4.72. The van der Waals surface area contributed by atoms with E-state index in [1.54, 1.807) is 36.6 Å². The predicted molar refractivity (Wildman–Crippen MR) is 143 cm³/mol. The Bertz CT molecular complexity index is 1480. The highest BCUT2D eigenvalue weighted by atomic mass is 32.1. The fraction of sp³-hybridized carbons (Fsp3) is 0.214. The van der Waals surface area contributed by atoms with Gasteiger partial charge in [-0.05, 0) is 81.0 Å². The van der Waals surface area contributed by atoms with Crippen LogP contribution in [0.15, 0.2) is 64.0 Å². The van der Waals surface area contributed by atoms with Crippen molar-refractivity contribution in [1.29, 1.82) is 0 Å². The molecule has 0 radical (unpaired) electrons. The van der Waals surface area contributed by atoms with Crippen molar-refractivity contribution in [3.63, 3.8) is 0 Å². The maximum atomic E-state index is 13.3. The zero-order valence-electron chi connectivity index (χ0n) is 20.0. The number of carbonyl (C=O) groups excluding carboxylic acids is 1. The van der Waals surface area contributed by atoms with Gasteiger partial charge >= 0.3 is 0 Å². The molecule has 2 aromatic heterocycles. The number of nitro groups is 1. The van der Waals surface area contributed by atoms with Gasteiger partial charge in [0.05, 0.1) is 16.7 Å². The fourth-order valence-electron chi connectivity index (χ4n) is 4.46. The molecule has 1 aliphatic rings. The van der Waals surface area contributed by atoms with Gasteiger partial charge in [-0.15, -0.1) is 11.3 Å². The smallest absolute Gasteiger partial charge is 0.273 e. The lowest BCUT2D eigenvalue weighted by molar-refractivity contribution is -0.385. The molecule has 36 heavy (non-hydrogen) atoms. The molecule has 7 nitrogen and oxygen atoms in total. The quantitative estimate of drug-likeness (QED) is 0.170. The second-order valence-electron chi connectivity index (χ2n) is 8.87. The molecule has 0 bridgehead atoms. The summed E-state index contributed by atoms with van der Waals surface area (Å²) >= 11 is 1.56. The molecule has 2 aromatic carbocycles. The Morgan fingerprint density at radius 2 is 1.89 bits per heavy atom. The number of anilines is 1. The summed E-state index contributed by atoms with van der Waals surface area (Å²) in [7, 11) is 0. The van der Waals surface area contributed by atoms with Crippen LogP contribution in [0.4, 0.5) is 16.4 Å². The average molecular weight is 500 g/mol. The second kappa shape index (κ2) is 9.91. The van der Waals surface area contributed by atoms with Crippen molar-refractivity contribution < 1.29 is 14.1 Å². The van der Waals surface area contributed by atoms with E-state index in [0.717, 1.165) is 42.5 Å². The van der Waals surface area contributed by atoms with Gasteiger partial charge in [-0.25, -0.2) is 4.99 Å². The molecule has 0 aliphatic heterocycles. The number of fused-ring (bicyclic) bond motifs is 1. The number of nitro benzene ring substituents is 1. The highest BCUT2D eigenvalue weighted by molar-refractivity contribution is 7.16. The van der Waals surface area contributed by atoms with Gasteiger partial charge in [-0.3, -0.25) is 14.9 Å². The van der Waals surface area contributed by atoms with Crippen LogP contribution in [0.25, 0.3) is 11.3 Å². The molecule has 0 fully saturated rings. The third-order valence-corrected chi connectivity index (χ3v) is 7.67. The van der Waals surface area contributed by atoms with Crippen LogP contribution in [-0.4, -0.2) is 17.0 Å². The second-order valence-corrected chi connectivity index (χ2v) is 9.95. The number of aryl methyl sites for hydroxylation is 2. The first-order valence-electron chi connectivity index (χ1n) is 11.8. The van der Waals surface area contributed by atoms with Crippen molar-refractivity contribution in [3.8, 4) is 11.3 Å². The summed E-state index contributed by atoms with van der Waals surface area (Å²) in [6.45, 7) is 3.58. The maximum Gasteiger partial charge on any atom is 0.273 e. The fourth-order valence-corrected chi connectivity index (χ4v) is 5.69. The monoisotopic (exact) mass is 499 g/mol. The number of hydrogen-bond acceptors (Lipinski definition) is 6. The molecule has 5 rings (SSSR count). The minimum absolute atomic E-state index is 0.0647. The normalized spacial score (nSPS) is 13.1. The molecule has 1 N–H and O–H groups in total. The number of amides is 1. The third-order valence-electron chi connectivity index (χ3n) is 6.47. The molecule has 8 heteroatoms. The number of aliphatic imine (C=N–C) groups is 1. The number of thiophene rings is 1. The van der Waals surface area contributed by atoms with Crippen LogP contribution in [0.1, 0.15) is 50.5 Å². The van der Waals surface area contributed by atoms with E-state index in [4.69, 9.17) is 4.42 Å². The highest BCUT2D eigenvalue weighted by Crippen LogP contribution is 2.40. The van der Waals surface area contributed by atoms with Crippen LogP contribution in [-0.2, 0) is 12.8 Å². The van der Waals surface area contributed by atoms with Crippen LogP contribution in [0.3, 0.4) is 0 Å². The highest BCUT2D eigenvalue weighted by Gasteiger charge is 2.25. The van der Waals surface area contributed by atoms with Crippen LogP contribution >= 0.6 is 11.3 Å². The van der Waals surface area contributed by atoms with E-state index in [0.29, 0.717) is 33.2 Å². The summed E-state index contributed by atoms with van der Waals surface area (Å²) in [5.74, 6) is 0.872. The van der Waals surface area contributed by atoms with E-state index in [1.807, 2.05) is 43.3 Å². The van der Waals surface area contributed by atoms with Gasteiger partial charge < -0.3 is 9.73 Å². The standard InChI is InChI=1S/C28H25N3O4S/c1-17-14-19(15-23(18(17)2)31(33)34)24-13-12-21(35-24)16-29-28-26(22-10-6-7-11-25(22)36-28)27(32)30-20-8-4-3-5-9-20/h3-5,8-9,12-16H,6-7,10-11H2,1-2H3,(H,30,32). The van der Waals surface area contributed by atoms with Crippen LogP contribution in [0.2, 0.25) is 0 Å². The van der Waals surface area contributed by atoms with Gasteiger partial charge in [0, 0.05) is 27.8 Å². The zero-order chi connectivity index (χ0) is 25.2. The Labute approximate surface area is 212 Å². The number of nitrogens with one attached hydrogen (secondary N) is 1. The first kappa shape index (κ1) is 23.7. The Hall–Kier alpha value is -4.04. The number of para-hydroxylation sites is 1. The summed E-state index contributed by atoms with van der Waals surface area (Å²) in [6, 6.07) is 16.4. The molecule has 1 aliphatic carbocycles. The number of nitrogens with zero attached hydrogens (tertiary/aromatic N) is 2. The van der Waals surface area contributed by atoms with Crippen molar-refractivity contribution in [2.24, 2.45) is 4.99 Å². The summed E-state index contributed by atoms with van der Waals surface area (Å²) < 4.78 is 5.95. The van der Waals surface area contributed by atoms with Gasteiger partial charge in [0.15, 0.2) is 0 Å². The van der Waals surface area contributed by atoms with E-state index in [2.05, 4.69) is 10.3 Å². The van der Waals surface area contributed by atoms with Crippen LogP contribution < -0.4 is 5.32 Å². The molecule has 4 aromatic rings. The lowest BCUT2D eigenvalue weighted by atomic mass is 9.95. The largest absolute Gasteiger partial charge is 0.455 e. The Balaban J connectivity index is 1.45. The Kier molecular flexibility index (Phi) is 6.52. The summed E-state index contributed by atoms with van der Waals surface area (Å²) in [5, 5.41) is 15.1. The number of rotatable bonds is 6. The Morgan fingerprint density at radius 1 is 1.11 bits per heavy atom. The van der Waals surface area contributed by atoms with Gasteiger partial charge in [0.1, 0.15) is 16.5 Å². The van der Waals surface area contributed by atoms with Gasteiger partial charge in [-0.1, -0.05) is 18.2 Å². The van der Waals surface area contributed by atoms with Gasteiger partial charge in [0.25, 0.3) is 11.6 Å².